The minimum absolute atomic E-state index is 0.204. The Morgan fingerprint density at radius 1 is 0.826 bits per heavy atom. The highest BCUT2D eigenvalue weighted by Crippen LogP contribution is 2.18. The molecule has 4 amide bonds. The maximum absolute atomic E-state index is 13.9. The molecule has 0 aliphatic carbocycles. The van der Waals surface area contributed by atoms with Crippen molar-refractivity contribution in [2.45, 2.75) is 70.7 Å². The normalized spacial score (nSPS) is 12.2. The maximum Gasteiger partial charge on any atom is 0.407 e. The van der Waals surface area contributed by atoms with Gasteiger partial charge in [0, 0.05) is 26.1 Å². The predicted octanol–water partition coefficient (Wildman–Crippen LogP) is 5.37. The third-order valence-electron chi connectivity index (χ3n) is 7.11. The zero-order valence-corrected chi connectivity index (χ0v) is 27.1. The summed E-state index contributed by atoms with van der Waals surface area (Å²) >= 11 is 0. The molecule has 0 saturated carbocycles. The summed E-state index contributed by atoms with van der Waals surface area (Å²) in [6.07, 6.45) is 0.785. The fourth-order valence-corrected chi connectivity index (χ4v) is 4.84. The highest BCUT2D eigenvalue weighted by molar-refractivity contribution is 5.87. The molecule has 0 unspecified atom stereocenters. The molecule has 0 saturated heterocycles. The Hall–Kier alpha value is -5.04. The molecule has 244 valence electrons. The predicted molar refractivity (Wildman–Crippen MR) is 177 cm³/mol. The first-order chi connectivity index (χ1) is 22.1. The Balaban J connectivity index is 1.83. The van der Waals surface area contributed by atoms with Crippen molar-refractivity contribution in [1.29, 1.82) is 5.26 Å². The average Bonchev–Trinajstić information content (AvgIpc) is 3.04. The second kappa shape index (κ2) is 18.1. The van der Waals surface area contributed by atoms with Gasteiger partial charge in [0.05, 0.1) is 13.2 Å². The Morgan fingerprint density at radius 3 is 2.04 bits per heavy atom. The largest absolute Gasteiger partial charge is 0.497 e. The number of nitrogens with zero attached hydrogens (tertiary/aromatic N) is 2. The number of carbonyl (C=O) groups excluding carboxylic acids is 3. The summed E-state index contributed by atoms with van der Waals surface area (Å²) in [4.78, 5) is 41.3. The molecule has 0 heterocycles. The van der Waals surface area contributed by atoms with Gasteiger partial charge in [-0.3, -0.25) is 9.69 Å². The van der Waals surface area contributed by atoms with E-state index in [1.807, 2.05) is 84.9 Å². The summed E-state index contributed by atoms with van der Waals surface area (Å²) in [6, 6.07) is 26.3. The van der Waals surface area contributed by atoms with E-state index < -0.39 is 29.8 Å². The van der Waals surface area contributed by atoms with Gasteiger partial charge in [-0.15, -0.1) is 0 Å². The van der Waals surface area contributed by atoms with Crippen molar-refractivity contribution in [2.75, 3.05) is 20.2 Å². The van der Waals surface area contributed by atoms with E-state index in [1.165, 1.54) is 4.90 Å². The van der Waals surface area contributed by atoms with Crippen LogP contribution in [0.3, 0.4) is 0 Å². The standard InChI is InChI=1S/C36H45N5O5/c1-36(2,3)46-35(44)39-22-11-16-32(33(42)40-26-29-14-9-6-10-15-29)41(30(25-37)24-28-12-7-5-8-13-28)34(43)38-23-21-27-17-19-31(45-4)20-18-27/h5-10,12-15,17-20,30,32H,11,16,21-24,26H2,1-4H3,(H,38,43)(H,39,44)(H,40,42)/t30-,32-/m0/s1. The van der Waals surface area contributed by atoms with E-state index >= 15 is 0 Å². The molecule has 3 rings (SSSR count). The highest BCUT2D eigenvalue weighted by Gasteiger charge is 2.35. The van der Waals surface area contributed by atoms with E-state index in [4.69, 9.17) is 9.47 Å². The summed E-state index contributed by atoms with van der Waals surface area (Å²) in [5.74, 6) is 0.349. The quantitative estimate of drug-likeness (QED) is 0.194. The molecule has 3 aromatic carbocycles. The first-order valence-electron chi connectivity index (χ1n) is 15.5. The number of ether oxygens (including phenoxy) is 2. The van der Waals surface area contributed by atoms with Gasteiger partial charge in [-0.05, 0) is 68.9 Å². The number of rotatable bonds is 15. The van der Waals surface area contributed by atoms with Crippen LogP contribution in [0.2, 0.25) is 0 Å². The van der Waals surface area contributed by atoms with Gasteiger partial charge in [-0.2, -0.15) is 5.26 Å². The van der Waals surface area contributed by atoms with E-state index in [-0.39, 0.29) is 31.8 Å². The number of nitrogens with one attached hydrogen (secondary N) is 3. The molecule has 0 aromatic heterocycles. The van der Waals surface area contributed by atoms with Gasteiger partial charge >= 0.3 is 12.1 Å². The minimum atomic E-state index is -0.988. The van der Waals surface area contributed by atoms with Gasteiger partial charge in [0.2, 0.25) is 5.91 Å². The third-order valence-corrected chi connectivity index (χ3v) is 7.11. The van der Waals surface area contributed by atoms with Crippen molar-refractivity contribution in [3.63, 3.8) is 0 Å². The molecule has 2 atom stereocenters. The highest BCUT2D eigenvalue weighted by atomic mass is 16.6. The number of carbonyl (C=O) groups is 3. The van der Waals surface area contributed by atoms with Crippen molar-refractivity contribution in [2.24, 2.45) is 0 Å². The number of urea groups is 1. The van der Waals surface area contributed by atoms with Crippen LogP contribution < -0.4 is 20.7 Å². The molecule has 10 nitrogen and oxygen atoms in total. The van der Waals surface area contributed by atoms with E-state index in [9.17, 15) is 19.6 Å². The molecular weight excluding hydrogens is 582 g/mol. The lowest BCUT2D eigenvalue weighted by Crippen LogP contribution is -2.57. The first-order valence-corrected chi connectivity index (χ1v) is 15.5. The molecule has 0 aliphatic rings. The topological polar surface area (TPSA) is 133 Å². The molecule has 3 aromatic rings. The fourth-order valence-electron chi connectivity index (χ4n) is 4.84. The van der Waals surface area contributed by atoms with Crippen molar-refractivity contribution >= 4 is 18.0 Å². The smallest absolute Gasteiger partial charge is 0.407 e. The third kappa shape index (κ3) is 12.2. The zero-order valence-electron chi connectivity index (χ0n) is 27.1. The molecule has 0 spiro atoms. The number of alkyl carbamates (subject to hydrolysis) is 1. The van der Waals surface area contributed by atoms with Gasteiger partial charge in [0.1, 0.15) is 23.4 Å². The van der Waals surface area contributed by atoms with Gasteiger partial charge in [-0.25, -0.2) is 9.59 Å². The number of hydrogen-bond donors (Lipinski definition) is 3. The molecule has 10 heteroatoms. The van der Waals surface area contributed by atoms with Crippen LogP contribution in [-0.4, -0.2) is 60.8 Å². The summed E-state index contributed by atoms with van der Waals surface area (Å²) in [6.45, 7) is 6.11. The molecule has 0 radical (unpaired) electrons. The lowest BCUT2D eigenvalue weighted by atomic mass is 10.0. The lowest BCUT2D eigenvalue weighted by Gasteiger charge is -2.34. The van der Waals surface area contributed by atoms with Crippen LogP contribution in [0, 0.1) is 11.3 Å². The zero-order chi connectivity index (χ0) is 33.4. The molecule has 0 bridgehead atoms. The summed E-state index contributed by atoms with van der Waals surface area (Å²) in [5.41, 5.74) is 2.11. The van der Waals surface area contributed by atoms with E-state index in [1.54, 1.807) is 27.9 Å². The number of nitriles is 1. The van der Waals surface area contributed by atoms with Crippen LogP contribution in [0.5, 0.6) is 5.75 Å². The van der Waals surface area contributed by atoms with Crippen molar-refractivity contribution in [3.8, 4) is 11.8 Å². The number of amides is 4. The summed E-state index contributed by atoms with van der Waals surface area (Å²) in [7, 11) is 1.60. The minimum Gasteiger partial charge on any atom is -0.497 e. The molecule has 46 heavy (non-hydrogen) atoms. The SMILES string of the molecule is COc1ccc(CCNC(=O)N([C@H](C#N)Cc2ccccc2)[C@@H](CCCNC(=O)OC(C)(C)C)C(=O)NCc2ccccc2)cc1. The maximum atomic E-state index is 13.9. The van der Waals surface area contributed by atoms with Crippen molar-refractivity contribution in [3.05, 3.63) is 102 Å². The van der Waals surface area contributed by atoms with Crippen molar-refractivity contribution in [1.82, 2.24) is 20.9 Å². The molecule has 0 aliphatic heterocycles. The van der Waals surface area contributed by atoms with Gasteiger partial charge in [-0.1, -0.05) is 72.8 Å². The summed E-state index contributed by atoms with van der Waals surface area (Å²) < 4.78 is 10.6. The number of benzene rings is 3. The lowest BCUT2D eigenvalue weighted by molar-refractivity contribution is -0.126. The first kappa shape index (κ1) is 35.4. The number of methoxy groups -OCH3 is 1. The van der Waals surface area contributed by atoms with Gasteiger partial charge < -0.3 is 25.4 Å². The van der Waals surface area contributed by atoms with Crippen LogP contribution in [0.4, 0.5) is 9.59 Å². The van der Waals surface area contributed by atoms with E-state index in [2.05, 4.69) is 22.0 Å². The van der Waals surface area contributed by atoms with Gasteiger partial charge in [0.25, 0.3) is 0 Å². The Morgan fingerprint density at radius 2 is 1.46 bits per heavy atom. The second-order valence-corrected chi connectivity index (χ2v) is 11.9. The Bertz CT molecular complexity index is 1420. The van der Waals surface area contributed by atoms with Crippen LogP contribution in [0.25, 0.3) is 0 Å². The fraction of sp³-hybridized carbons (Fsp3) is 0.389. The van der Waals surface area contributed by atoms with Crippen LogP contribution in [0.15, 0.2) is 84.9 Å². The van der Waals surface area contributed by atoms with Crippen LogP contribution in [0.1, 0.15) is 50.3 Å². The summed E-state index contributed by atoms with van der Waals surface area (Å²) in [5, 5.41) is 19.0. The van der Waals surface area contributed by atoms with Crippen molar-refractivity contribution < 1.29 is 23.9 Å². The monoisotopic (exact) mass is 627 g/mol. The van der Waals surface area contributed by atoms with E-state index in [0.717, 1.165) is 22.4 Å². The Labute approximate surface area is 272 Å². The van der Waals surface area contributed by atoms with Gasteiger partial charge in [0.15, 0.2) is 0 Å². The number of hydrogen-bond acceptors (Lipinski definition) is 6. The Kier molecular flexibility index (Phi) is 13.9. The van der Waals surface area contributed by atoms with E-state index in [0.29, 0.717) is 19.4 Å². The van der Waals surface area contributed by atoms with Crippen LogP contribution in [-0.2, 0) is 28.9 Å². The van der Waals surface area contributed by atoms with Crippen LogP contribution >= 0.6 is 0 Å². The molecular formula is C36H45N5O5. The average molecular weight is 628 g/mol. The molecule has 3 N–H and O–H groups in total. The molecule has 0 fully saturated rings. The second-order valence-electron chi connectivity index (χ2n) is 11.9.